The van der Waals surface area contributed by atoms with Crippen LogP contribution in [0, 0.1) is 0 Å². The summed E-state index contributed by atoms with van der Waals surface area (Å²) in [5.74, 6) is 1.25. The molecule has 2 aliphatic rings. The Morgan fingerprint density at radius 3 is 1.96 bits per heavy atom. The number of benzene rings is 2. The van der Waals surface area contributed by atoms with Gasteiger partial charge in [-0.15, -0.1) is 45.3 Å². The summed E-state index contributed by atoms with van der Waals surface area (Å²) < 4.78 is 49.4. The van der Waals surface area contributed by atoms with E-state index < -0.39 is 6.97 Å². The predicted molar refractivity (Wildman–Crippen MR) is 190 cm³/mol. The van der Waals surface area contributed by atoms with E-state index in [1.165, 1.54) is 31.6 Å². The van der Waals surface area contributed by atoms with Crippen molar-refractivity contribution < 1.29 is 22.6 Å². The fraction of sp³-hybridized carbons (Fsp3) is 0.0571. The van der Waals surface area contributed by atoms with Gasteiger partial charge in [0.05, 0.1) is 30.2 Å². The molecular weight excluding hydrogens is 657 g/mol. The van der Waals surface area contributed by atoms with Crippen LogP contribution in [0.15, 0.2) is 95.7 Å². The Morgan fingerprint density at radius 1 is 0.652 bits per heavy atom. The lowest BCUT2D eigenvalue weighted by Gasteiger charge is -2.30. The highest BCUT2D eigenvalue weighted by Crippen LogP contribution is 2.50. The van der Waals surface area contributed by atoms with Crippen LogP contribution in [-0.4, -0.2) is 35.9 Å². The van der Waals surface area contributed by atoms with Crippen molar-refractivity contribution in [2.75, 3.05) is 14.2 Å². The lowest BCUT2D eigenvalue weighted by Crippen LogP contribution is -2.50. The summed E-state index contributed by atoms with van der Waals surface area (Å²) in [6.45, 7) is -4.37. The lowest BCUT2D eigenvalue weighted by molar-refractivity contribution is -0.316. The van der Waals surface area contributed by atoms with Crippen molar-refractivity contribution in [1.29, 1.82) is 0 Å². The van der Waals surface area contributed by atoms with Crippen molar-refractivity contribution in [3.8, 4) is 41.6 Å². The van der Waals surface area contributed by atoms with Crippen molar-refractivity contribution in [1.82, 2.24) is 4.48 Å². The van der Waals surface area contributed by atoms with Gasteiger partial charge in [0, 0.05) is 52.6 Å². The standard InChI is InChI=1S/C35H23BF2N2O2S4/c1-41-20-7-9-22-24(17-20)34(32-13-11-30(45-32)28-5-3-15-43-28)39-26(22)19-27-23-10-8-21(42-2)18-25(23)35(40(27)36(39,37)38)33-14-12-31(46-33)29-6-4-16-44-29/h3-19H,1-2H3. The summed E-state index contributed by atoms with van der Waals surface area (Å²) >= 11 is 6.35. The average molecular weight is 681 g/mol. The molecule has 5 aromatic heterocycles. The van der Waals surface area contributed by atoms with Crippen LogP contribution in [0.3, 0.4) is 0 Å². The summed E-state index contributed by atoms with van der Waals surface area (Å²) in [5, 5.41) is 5.56. The van der Waals surface area contributed by atoms with Gasteiger partial charge in [-0.3, -0.25) is 0 Å². The van der Waals surface area contributed by atoms with E-state index in [1.807, 2.05) is 89.6 Å². The van der Waals surface area contributed by atoms with Gasteiger partial charge in [-0.05, 0) is 83.6 Å². The Balaban J connectivity index is 1.35. The van der Waals surface area contributed by atoms with Crippen LogP contribution in [0.2, 0.25) is 0 Å². The number of ether oxygens (including phenoxy) is 2. The van der Waals surface area contributed by atoms with Crippen LogP contribution in [-0.2, 0) is 0 Å². The highest BCUT2D eigenvalue weighted by molar-refractivity contribution is 7.23. The van der Waals surface area contributed by atoms with Crippen molar-refractivity contribution in [3.05, 3.63) is 117 Å². The molecule has 0 spiro atoms. The van der Waals surface area contributed by atoms with E-state index in [9.17, 15) is 0 Å². The first-order chi connectivity index (χ1) is 22.5. The molecule has 0 saturated carbocycles. The maximum absolute atomic E-state index is 17.8. The third kappa shape index (κ3) is 4.02. The summed E-state index contributed by atoms with van der Waals surface area (Å²) in [5.41, 5.74) is 3.47. The van der Waals surface area contributed by atoms with Gasteiger partial charge in [0.1, 0.15) is 11.5 Å². The minimum Gasteiger partial charge on any atom is -0.497 e. The van der Waals surface area contributed by atoms with Crippen molar-refractivity contribution >= 4 is 80.6 Å². The number of fused-ring (bicyclic) bond motifs is 6. The Morgan fingerprint density at radius 2 is 1.28 bits per heavy atom. The SMILES string of the molecule is COc1ccc2c(c1)C(c1ccc(-c3cccs3)s1)=[N+]1C2=Cc2c3ccc(OC)cc3c(-c3ccc(-c4cccs4)s3)n2[B-]1(F)F. The zero-order valence-corrected chi connectivity index (χ0v) is 27.8. The maximum Gasteiger partial charge on any atom is 0.738 e. The zero-order valence-electron chi connectivity index (χ0n) is 24.5. The van der Waals surface area contributed by atoms with E-state index in [0.29, 0.717) is 34.3 Å². The fourth-order valence-electron chi connectivity index (χ4n) is 6.62. The molecule has 4 nitrogen and oxygen atoms in total. The summed E-state index contributed by atoms with van der Waals surface area (Å²) in [6.07, 6.45) is 1.93. The normalized spacial score (nSPS) is 14.7. The Hall–Kier alpha value is -4.29. The summed E-state index contributed by atoms with van der Waals surface area (Å²) in [4.78, 5) is 5.88. The van der Waals surface area contributed by atoms with E-state index >= 15 is 8.63 Å². The van der Waals surface area contributed by atoms with Crippen LogP contribution in [0.25, 0.3) is 52.6 Å². The zero-order chi connectivity index (χ0) is 31.2. The van der Waals surface area contributed by atoms with E-state index in [1.54, 1.807) is 36.9 Å². The smallest absolute Gasteiger partial charge is 0.497 e. The molecule has 46 heavy (non-hydrogen) atoms. The first-order valence-corrected chi connectivity index (χ1v) is 17.9. The van der Waals surface area contributed by atoms with Gasteiger partial charge in [-0.1, -0.05) is 12.1 Å². The second kappa shape index (κ2) is 10.4. The molecule has 0 N–H and O–H groups in total. The third-order valence-electron chi connectivity index (χ3n) is 8.62. The molecule has 7 aromatic rings. The minimum atomic E-state index is -4.37. The molecule has 0 amide bonds. The second-order valence-corrected chi connectivity index (χ2v) is 15.1. The van der Waals surface area contributed by atoms with Crippen LogP contribution >= 0.6 is 45.3 Å². The predicted octanol–water partition coefficient (Wildman–Crippen LogP) is 10.5. The molecule has 11 heteroatoms. The number of methoxy groups -OCH3 is 2. The van der Waals surface area contributed by atoms with E-state index in [2.05, 4.69) is 12.1 Å². The van der Waals surface area contributed by atoms with Crippen LogP contribution in [0.5, 0.6) is 11.5 Å². The van der Waals surface area contributed by atoms with Gasteiger partial charge in [0.2, 0.25) is 0 Å². The molecule has 0 unspecified atom stereocenters. The number of rotatable bonds is 6. The van der Waals surface area contributed by atoms with Crippen LogP contribution in [0.1, 0.15) is 21.7 Å². The first-order valence-electron chi connectivity index (χ1n) is 14.6. The van der Waals surface area contributed by atoms with Crippen molar-refractivity contribution in [2.45, 2.75) is 0 Å². The molecular formula is C35H23BF2N2O2S4. The monoisotopic (exact) mass is 680 g/mol. The van der Waals surface area contributed by atoms with E-state index in [0.717, 1.165) is 51.2 Å². The molecule has 0 radical (unpaired) electrons. The number of thiophene rings is 4. The topological polar surface area (TPSA) is 26.4 Å². The van der Waals surface area contributed by atoms with Crippen LogP contribution in [0.4, 0.5) is 8.63 Å². The van der Waals surface area contributed by atoms with Crippen LogP contribution < -0.4 is 9.47 Å². The highest BCUT2D eigenvalue weighted by atomic mass is 32.1. The molecule has 0 atom stereocenters. The number of halogens is 2. The lowest BCUT2D eigenvalue weighted by atomic mass is 9.89. The molecule has 9 rings (SSSR count). The van der Waals surface area contributed by atoms with Crippen molar-refractivity contribution in [2.24, 2.45) is 0 Å². The highest BCUT2D eigenvalue weighted by Gasteiger charge is 2.56. The Bertz CT molecular complexity index is 2380. The number of hydrogen-bond acceptors (Lipinski definition) is 6. The molecule has 7 heterocycles. The second-order valence-electron chi connectivity index (χ2n) is 11.0. The summed E-state index contributed by atoms with van der Waals surface area (Å²) in [6, 6.07) is 27.4. The van der Waals surface area contributed by atoms with Gasteiger partial charge in [-0.25, -0.2) is 0 Å². The molecule has 0 saturated heterocycles. The van der Waals surface area contributed by atoms with Gasteiger partial charge < -0.3 is 27.1 Å². The number of aromatic nitrogens is 1. The molecule has 0 aliphatic carbocycles. The Kier molecular flexibility index (Phi) is 6.30. The quantitative estimate of drug-likeness (QED) is 0.164. The van der Waals surface area contributed by atoms with Crippen molar-refractivity contribution in [3.63, 3.8) is 0 Å². The van der Waals surface area contributed by atoms with Gasteiger partial charge in [0.25, 0.3) is 0 Å². The van der Waals surface area contributed by atoms with E-state index in [4.69, 9.17) is 9.47 Å². The van der Waals surface area contributed by atoms with Gasteiger partial charge in [0.15, 0.2) is 11.4 Å². The fourth-order valence-corrected chi connectivity index (χ4v) is 10.4. The Labute approximate surface area is 279 Å². The molecule has 2 aromatic carbocycles. The molecule has 0 fully saturated rings. The number of hydrogen-bond donors (Lipinski definition) is 0. The molecule has 2 aliphatic heterocycles. The third-order valence-corrected chi connectivity index (χ3v) is 12.9. The van der Waals surface area contributed by atoms with E-state index in [-0.39, 0.29) is 0 Å². The van der Waals surface area contributed by atoms with Gasteiger partial charge in [-0.2, -0.15) is 0 Å². The minimum absolute atomic E-state index is 0.489. The molecule has 0 bridgehead atoms. The molecule has 226 valence electrons. The summed E-state index contributed by atoms with van der Waals surface area (Å²) in [7, 11) is 3.21. The average Bonchev–Trinajstić information content (AvgIpc) is 3.91. The largest absolute Gasteiger partial charge is 0.738 e. The maximum atomic E-state index is 17.8. The number of nitrogens with zero attached hydrogens (tertiary/aromatic N) is 2. The first kappa shape index (κ1) is 28.0. The van der Waals surface area contributed by atoms with Gasteiger partial charge >= 0.3 is 6.97 Å².